The molecule has 2 bridgehead atoms. The van der Waals surface area contributed by atoms with Gasteiger partial charge in [-0.2, -0.15) is 0 Å². The number of hydrogen-bond donors (Lipinski definition) is 0. The maximum Gasteiger partial charge on any atom is 0.276 e. The molecule has 3 aliphatic rings. The molecule has 0 radical (unpaired) electrons. The fourth-order valence-electron chi connectivity index (χ4n) is 4.83. The molecule has 2 aliphatic carbocycles. The summed E-state index contributed by atoms with van der Waals surface area (Å²) < 4.78 is 4.81. The van der Waals surface area contributed by atoms with E-state index >= 15 is 0 Å². The van der Waals surface area contributed by atoms with Gasteiger partial charge in [0.25, 0.3) is 5.91 Å². The first-order valence-corrected chi connectivity index (χ1v) is 8.02. The Balaban J connectivity index is 1.43. The maximum atomic E-state index is 12.5. The lowest BCUT2D eigenvalue weighted by Crippen LogP contribution is -2.37. The standard InChI is InChI=1S/C16H22N2O2/c19-16(15-5-7-20-17-15)18-6-1-2-14(18)10-13-9-11-3-4-12(13)8-11/h5,7,11-14H,1-4,6,8-10H2. The summed E-state index contributed by atoms with van der Waals surface area (Å²) in [6.07, 6.45) is 10.7. The van der Waals surface area contributed by atoms with Gasteiger partial charge >= 0.3 is 0 Å². The maximum absolute atomic E-state index is 12.5. The molecule has 4 rings (SSSR count). The molecule has 108 valence electrons. The predicted molar refractivity (Wildman–Crippen MR) is 74.1 cm³/mol. The molecule has 3 fully saturated rings. The second-order valence-corrected chi connectivity index (χ2v) is 6.85. The van der Waals surface area contributed by atoms with Gasteiger partial charge in [0.15, 0.2) is 5.69 Å². The Bertz CT molecular complexity index is 485. The van der Waals surface area contributed by atoms with Crippen LogP contribution in [0.4, 0.5) is 0 Å². The predicted octanol–water partition coefficient (Wildman–Crippen LogP) is 3.11. The zero-order valence-corrected chi connectivity index (χ0v) is 11.8. The molecule has 1 saturated heterocycles. The molecule has 4 unspecified atom stereocenters. The second kappa shape index (κ2) is 4.90. The normalized spacial score (nSPS) is 35.9. The van der Waals surface area contributed by atoms with E-state index in [1.807, 2.05) is 4.90 Å². The number of carbonyl (C=O) groups is 1. The van der Waals surface area contributed by atoms with Crippen LogP contribution in [0.3, 0.4) is 0 Å². The molecular formula is C16H22N2O2. The third-order valence-electron chi connectivity index (χ3n) is 5.75. The minimum atomic E-state index is 0.0596. The summed E-state index contributed by atoms with van der Waals surface area (Å²) in [5, 5.41) is 3.80. The van der Waals surface area contributed by atoms with Crippen molar-refractivity contribution in [1.82, 2.24) is 10.1 Å². The van der Waals surface area contributed by atoms with Gasteiger partial charge in [0.2, 0.25) is 0 Å². The van der Waals surface area contributed by atoms with Crippen LogP contribution in [-0.2, 0) is 0 Å². The number of fused-ring (bicyclic) bond motifs is 2. The van der Waals surface area contributed by atoms with Gasteiger partial charge in [-0.1, -0.05) is 11.6 Å². The van der Waals surface area contributed by atoms with Gasteiger partial charge in [-0.25, -0.2) is 0 Å². The van der Waals surface area contributed by atoms with Crippen molar-refractivity contribution in [1.29, 1.82) is 0 Å². The van der Waals surface area contributed by atoms with E-state index in [0.717, 1.165) is 37.1 Å². The third kappa shape index (κ3) is 2.05. The average molecular weight is 274 g/mol. The Morgan fingerprint density at radius 2 is 2.30 bits per heavy atom. The zero-order valence-electron chi connectivity index (χ0n) is 11.8. The molecule has 20 heavy (non-hydrogen) atoms. The molecule has 1 aromatic heterocycles. The highest BCUT2D eigenvalue weighted by Crippen LogP contribution is 2.50. The third-order valence-corrected chi connectivity index (χ3v) is 5.75. The van der Waals surface area contributed by atoms with Crippen molar-refractivity contribution in [3.8, 4) is 0 Å². The summed E-state index contributed by atoms with van der Waals surface area (Å²) in [4.78, 5) is 14.5. The second-order valence-electron chi connectivity index (χ2n) is 6.85. The van der Waals surface area contributed by atoms with Crippen LogP contribution in [0.25, 0.3) is 0 Å². The van der Waals surface area contributed by atoms with Gasteiger partial charge in [-0.05, 0) is 56.3 Å². The molecule has 1 aromatic rings. The van der Waals surface area contributed by atoms with Gasteiger partial charge in [0, 0.05) is 18.7 Å². The fraction of sp³-hybridized carbons (Fsp3) is 0.750. The quantitative estimate of drug-likeness (QED) is 0.850. The Labute approximate surface area is 119 Å². The van der Waals surface area contributed by atoms with E-state index in [4.69, 9.17) is 4.52 Å². The molecular weight excluding hydrogens is 252 g/mol. The number of aromatic nitrogens is 1. The molecule has 1 amide bonds. The Hall–Kier alpha value is -1.32. The Morgan fingerprint density at radius 1 is 1.35 bits per heavy atom. The van der Waals surface area contributed by atoms with E-state index in [1.165, 1.54) is 38.4 Å². The number of likely N-dealkylation sites (tertiary alicyclic amines) is 1. The van der Waals surface area contributed by atoms with Crippen molar-refractivity contribution in [3.05, 3.63) is 18.0 Å². The largest absolute Gasteiger partial charge is 0.364 e. The summed E-state index contributed by atoms with van der Waals surface area (Å²) in [6.45, 7) is 0.886. The van der Waals surface area contributed by atoms with E-state index < -0.39 is 0 Å². The van der Waals surface area contributed by atoms with Crippen LogP contribution in [-0.4, -0.2) is 28.6 Å². The highest BCUT2D eigenvalue weighted by atomic mass is 16.5. The number of amides is 1. The molecule has 2 saturated carbocycles. The van der Waals surface area contributed by atoms with Gasteiger partial charge in [-0.3, -0.25) is 4.79 Å². The highest BCUT2D eigenvalue weighted by Gasteiger charge is 2.42. The SMILES string of the molecule is O=C(c1ccon1)N1CCCC1CC1CC2CCC1C2. The van der Waals surface area contributed by atoms with E-state index in [2.05, 4.69) is 5.16 Å². The minimum absolute atomic E-state index is 0.0596. The molecule has 2 heterocycles. The summed E-state index contributed by atoms with van der Waals surface area (Å²) >= 11 is 0. The van der Waals surface area contributed by atoms with Crippen LogP contribution < -0.4 is 0 Å². The van der Waals surface area contributed by atoms with Crippen LogP contribution in [0.1, 0.15) is 55.4 Å². The fourth-order valence-corrected chi connectivity index (χ4v) is 4.83. The first kappa shape index (κ1) is 12.4. The molecule has 4 atom stereocenters. The molecule has 4 heteroatoms. The molecule has 4 nitrogen and oxygen atoms in total. The lowest BCUT2D eigenvalue weighted by molar-refractivity contribution is 0.0697. The minimum Gasteiger partial charge on any atom is -0.364 e. The highest BCUT2D eigenvalue weighted by molar-refractivity contribution is 5.92. The van der Waals surface area contributed by atoms with Crippen LogP contribution in [0.2, 0.25) is 0 Å². The monoisotopic (exact) mass is 274 g/mol. The van der Waals surface area contributed by atoms with E-state index in [1.54, 1.807) is 6.07 Å². The summed E-state index contributed by atoms with van der Waals surface area (Å²) in [5.74, 6) is 2.87. The summed E-state index contributed by atoms with van der Waals surface area (Å²) in [5.41, 5.74) is 0.463. The molecule has 0 aromatic carbocycles. The smallest absolute Gasteiger partial charge is 0.276 e. The topological polar surface area (TPSA) is 46.3 Å². The van der Waals surface area contributed by atoms with E-state index in [-0.39, 0.29) is 5.91 Å². The molecule has 0 N–H and O–H groups in total. The lowest BCUT2D eigenvalue weighted by atomic mass is 9.83. The van der Waals surface area contributed by atoms with Crippen molar-refractivity contribution < 1.29 is 9.32 Å². The Morgan fingerprint density at radius 3 is 3.00 bits per heavy atom. The van der Waals surface area contributed by atoms with Gasteiger partial charge < -0.3 is 9.42 Å². The van der Waals surface area contributed by atoms with Crippen LogP contribution >= 0.6 is 0 Å². The van der Waals surface area contributed by atoms with Crippen LogP contribution in [0.5, 0.6) is 0 Å². The number of hydrogen-bond acceptors (Lipinski definition) is 3. The summed E-state index contributed by atoms with van der Waals surface area (Å²) in [7, 11) is 0. The van der Waals surface area contributed by atoms with Gasteiger partial charge in [0.05, 0.1) is 0 Å². The number of carbonyl (C=O) groups excluding carboxylic acids is 1. The number of rotatable bonds is 3. The van der Waals surface area contributed by atoms with Crippen molar-refractivity contribution in [2.45, 2.75) is 51.0 Å². The average Bonchev–Trinajstić information content (AvgIpc) is 3.23. The van der Waals surface area contributed by atoms with Crippen molar-refractivity contribution in [3.63, 3.8) is 0 Å². The first-order chi connectivity index (χ1) is 9.81. The van der Waals surface area contributed by atoms with Crippen molar-refractivity contribution in [2.75, 3.05) is 6.54 Å². The van der Waals surface area contributed by atoms with Gasteiger partial charge in [0.1, 0.15) is 6.26 Å². The Kier molecular flexibility index (Phi) is 3.04. The van der Waals surface area contributed by atoms with Crippen molar-refractivity contribution in [2.24, 2.45) is 17.8 Å². The van der Waals surface area contributed by atoms with Crippen LogP contribution in [0, 0.1) is 17.8 Å². The van der Waals surface area contributed by atoms with E-state index in [0.29, 0.717) is 11.7 Å². The van der Waals surface area contributed by atoms with Crippen molar-refractivity contribution >= 4 is 5.91 Å². The van der Waals surface area contributed by atoms with E-state index in [9.17, 15) is 4.79 Å². The molecule has 1 aliphatic heterocycles. The number of nitrogens with zero attached hydrogens (tertiary/aromatic N) is 2. The first-order valence-electron chi connectivity index (χ1n) is 8.02. The van der Waals surface area contributed by atoms with Gasteiger partial charge in [-0.15, -0.1) is 0 Å². The lowest BCUT2D eigenvalue weighted by Gasteiger charge is -2.29. The van der Waals surface area contributed by atoms with Crippen LogP contribution in [0.15, 0.2) is 16.9 Å². The zero-order chi connectivity index (χ0) is 13.5. The molecule has 0 spiro atoms. The summed E-state index contributed by atoms with van der Waals surface area (Å²) in [6, 6.07) is 2.11.